The van der Waals surface area contributed by atoms with Crippen molar-refractivity contribution >= 4 is 11.9 Å². The minimum atomic E-state index is -0.674. The second kappa shape index (κ2) is 11.5. The minimum Gasteiger partial charge on any atom is -0.508 e. The Labute approximate surface area is 155 Å². The molecule has 6 heteroatoms. The Hall–Kier alpha value is -2.08. The van der Waals surface area contributed by atoms with E-state index in [0.717, 1.165) is 18.4 Å². The van der Waals surface area contributed by atoms with Crippen LogP contribution >= 0.6 is 0 Å². The number of benzene rings is 1. The number of unbranched alkanes of at least 4 members (excludes halogenated alkanes) is 1. The van der Waals surface area contributed by atoms with Crippen LogP contribution in [0, 0.1) is 5.92 Å². The van der Waals surface area contributed by atoms with Crippen LogP contribution in [0.15, 0.2) is 24.3 Å². The van der Waals surface area contributed by atoms with Crippen LogP contribution in [0.5, 0.6) is 5.75 Å². The number of esters is 2. The van der Waals surface area contributed by atoms with Gasteiger partial charge in [0, 0.05) is 0 Å². The van der Waals surface area contributed by atoms with E-state index in [0.29, 0.717) is 19.4 Å². The summed E-state index contributed by atoms with van der Waals surface area (Å²) in [5.41, 5.74) is 0.855. The van der Waals surface area contributed by atoms with Crippen molar-refractivity contribution in [2.24, 2.45) is 5.92 Å². The molecule has 0 saturated heterocycles. The Morgan fingerprint density at radius 3 is 2.31 bits per heavy atom. The number of methoxy groups -OCH3 is 1. The molecule has 0 heterocycles. The van der Waals surface area contributed by atoms with E-state index < -0.39 is 18.1 Å². The lowest BCUT2D eigenvalue weighted by Crippen LogP contribution is -2.49. The molecule has 0 aliphatic heterocycles. The largest absolute Gasteiger partial charge is 0.508 e. The summed E-state index contributed by atoms with van der Waals surface area (Å²) < 4.78 is 10.2. The molecule has 6 nitrogen and oxygen atoms in total. The van der Waals surface area contributed by atoms with Gasteiger partial charge in [0.2, 0.25) is 0 Å². The Bertz CT molecular complexity index is 556. The number of aromatic hydroxyl groups is 1. The predicted molar refractivity (Wildman–Crippen MR) is 99.9 cm³/mol. The highest BCUT2D eigenvalue weighted by Gasteiger charge is 2.28. The number of hydrogen-bond donors (Lipinski definition) is 2. The first-order chi connectivity index (χ1) is 12.4. The quantitative estimate of drug-likeness (QED) is 0.463. The van der Waals surface area contributed by atoms with E-state index in [4.69, 9.17) is 9.47 Å². The molecule has 0 aliphatic carbocycles. The fraction of sp³-hybridized carbons (Fsp3) is 0.600. The third-order valence-corrected chi connectivity index (χ3v) is 4.00. The summed E-state index contributed by atoms with van der Waals surface area (Å²) in [6.45, 7) is 6.44. The topological polar surface area (TPSA) is 84.9 Å². The third-order valence-electron chi connectivity index (χ3n) is 4.00. The Balaban J connectivity index is 2.85. The van der Waals surface area contributed by atoms with Crippen molar-refractivity contribution in [1.82, 2.24) is 5.32 Å². The lowest BCUT2D eigenvalue weighted by Gasteiger charge is -2.24. The van der Waals surface area contributed by atoms with Gasteiger partial charge in [0.25, 0.3) is 0 Å². The highest BCUT2D eigenvalue weighted by Crippen LogP contribution is 2.14. The maximum Gasteiger partial charge on any atom is 0.323 e. The molecule has 0 fully saturated rings. The van der Waals surface area contributed by atoms with Gasteiger partial charge in [-0.3, -0.25) is 14.9 Å². The van der Waals surface area contributed by atoms with Gasteiger partial charge in [0.05, 0.1) is 13.7 Å². The SMILES string of the molecule is CCCCOC(=O)C(CC(C)C)N[C@@H](Cc1ccc(O)cc1)C(=O)OC. The Morgan fingerprint density at radius 1 is 1.12 bits per heavy atom. The molecule has 1 aromatic rings. The fourth-order valence-corrected chi connectivity index (χ4v) is 2.58. The molecule has 26 heavy (non-hydrogen) atoms. The molecule has 1 aromatic carbocycles. The van der Waals surface area contributed by atoms with Crippen LogP contribution in [0.3, 0.4) is 0 Å². The summed E-state index contributed by atoms with van der Waals surface area (Å²) in [4.78, 5) is 24.6. The summed E-state index contributed by atoms with van der Waals surface area (Å²) in [6, 6.07) is 5.36. The lowest BCUT2D eigenvalue weighted by atomic mass is 10.0. The van der Waals surface area contributed by atoms with Crippen molar-refractivity contribution in [3.8, 4) is 5.75 Å². The van der Waals surface area contributed by atoms with Gasteiger partial charge in [0.15, 0.2) is 0 Å². The molecule has 0 spiro atoms. The molecule has 0 amide bonds. The lowest BCUT2D eigenvalue weighted by molar-refractivity contribution is -0.148. The monoisotopic (exact) mass is 365 g/mol. The number of carbonyl (C=O) groups is 2. The van der Waals surface area contributed by atoms with E-state index in [1.54, 1.807) is 24.3 Å². The third kappa shape index (κ3) is 7.87. The van der Waals surface area contributed by atoms with Crippen molar-refractivity contribution in [1.29, 1.82) is 0 Å². The van der Waals surface area contributed by atoms with Gasteiger partial charge in [-0.1, -0.05) is 39.3 Å². The zero-order valence-electron chi connectivity index (χ0n) is 16.2. The van der Waals surface area contributed by atoms with Crippen LogP contribution in [0.2, 0.25) is 0 Å². The van der Waals surface area contributed by atoms with Gasteiger partial charge in [-0.05, 0) is 42.9 Å². The van der Waals surface area contributed by atoms with E-state index in [-0.39, 0.29) is 17.6 Å². The molecule has 0 radical (unpaired) electrons. The summed E-state index contributed by atoms with van der Waals surface area (Å²) in [5.74, 6) is -0.355. The number of carbonyl (C=O) groups excluding carboxylic acids is 2. The maximum atomic E-state index is 12.4. The van der Waals surface area contributed by atoms with E-state index in [2.05, 4.69) is 5.32 Å². The van der Waals surface area contributed by atoms with Crippen molar-refractivity contribution < 1.29 is 24.2 Å². The molecular weight excluding hydrogens is 334 g/mol. The molecule has 2 atom stereocenters. The number of rotatable bonds is 11. The summed E-state index contributed by atoms with van der Waals surface area (Å²) in [6.07, 6.45) is 2.67. The van der Waals surface area contributed by atoms with Crippen LogP contribution in [-0.4, -0.2) is 42.8 Å². The van der Waals surface area contributed by atoms with E-state index in [1.807, 2.05) is 20.8 Å². The van der Waals surface area contributed by atoms with Gasteiger partial charge in [-0.25, -0.2) is 0 Å². The minimum absolute atomic E-state index is 0.161. The normalized spacial score (nSPS) is 13.3. The first kappa shape index (κ1) is 22.0. The molecule has 2 N–H and O–H groups in total. The van der Waals surface area contributed by atoms with Gasteiger partial charge >= 0.3 is 11.9 Å². The van der Waals surface area contributed by atoms with Gasteiger partial charge in [-0.2, -0.15) is 0 Å². The van der Waals surface area contributed by atoms with Crippen LogP contribution in [0.1, 0.15) is 45.6 Å². The van der Waals surface area contributed by atoms with Crippen LogP contribution < -0.4 is 5.32 Å². The average molecular weight is 365 g/mol. The molecule has 0 aliphatic rings. The first-order valence-electron chi connectivity index (χ1n) is 9.15. The molecule has 146 valence electrons. The van der Waals surface area contributed by atoms with Gasteiger partial charge < -0.3 is 14.6 Å². The van der Waals surface area contributed by atoms with E-state index in [1.165, 1.54) is 7.11 Å². The molecule has 0 saturated carbocycles. The Kier molecular flexibility index (Phi) is 9.73. The molecule has 0 aromatic heterocycles. The molecular formula is C20H31NO5. The number of phenols is 1. The summed E-state index contributed by atoms with van der Waals surface area (Å²) in [7, 11) is 1.32. The number of nitrogens with one attached hydrogen (secondary N) is 1. The molecule has 0 bridgehead atoms. The number of hydrogen-bond acceptors (Lipinski definition) is 6. The van der Waals surface area contributed by atoms with Crippen LogP contribution in [-0.2, 0) is 25.5 Å². The molecule has 1 rings (SSSR count). The highest BCUT2D eigenvalue weighted by molar-refractivity contribution is 5.79. The zero-order valence-corrected chi connectivity index (χ0v) is 16.2. The van der Waals surface area contributed by atoms with Gasteiger partial charge in [0.1, 0.15) is 17.8 Å². The molecule has 1 unspecified atom stereocenters. The first-order valence-corrected chi connectivity index (χ1v) is 9.15. The smallest absolute Gasteiger partial charge is 0.323 e. The van der Waals surface area contributed by atoms with Crippen LogP contribution in [0.25, 0.3) is 0 Å². The highest BCUT2D eigenvalue weighted by atomic mass is 16.5. The fourth-order valence-electron chi connectivity index (χ4n) is 2.58. The average Bonchev–Trinajstić information content (AvgIpc) is 2.61. The van der Waals surface area contributed by atoms with E-state index in [9.17, 15) is 14.7 Å². The predicted octanol–water partition coefficient (Wildman–Crippen LogP) is 2.82. The second-order valence-electron chi connectivity index (χ2n) is 6.82. The van der Waals surface area contributed by atoms with Crippen molar-refractivity contribution in [3.63, 3.8) is 0 Å². The van der Waals surface area contributed by atoms with Gasteiger partial charge in [-0.15, -0.1) is 0 Å². The van der Waals surface area contributed by atoms with Crippen molar-refractivity contribution in [3.05, 3.63) is 29.8 Å². The summed E-state index contributed by atoms with van der Waals surface area (Å²) in [5, 5.41) is 12.5. The van der Waals surface area contributed by atoms with E-state index >= 15 is 0 Å². The second-order valence-corrected chi connectivity index (χ2v) is 6.82. The van der Waals surface area contributed by atoms with Crippen LogP contribution in [0.4, 0.5) is 0 Å². The number of ether oxygens (including phenoxy) is 2. The Morgan fingerprint density at radius 2 is 1.77 bits per heavy atom. The number of phenolic OH excluding ortho intramolecular Hbond substituents is 1. The summed E-state index contributed by atoms with van der Waals surface area (Å²) >= 11 is 0. The van der Waals surface area contributed by atoms with Crippen molar-refractivity contribution in [2.45, 2.75) is 58.5 Å². The zero-order chi connectivity index (χ0) is 19.5. The maximum absolute atomic E-state index is 12.4. The van der Waals surface area contributed by atoms with Crippen molar-refractivity contribution in [2.75, 3.05) is 13.7 Å². The standard InChI is InChI=1S/C20H31NO5/c1-5-6-11-26-20(24)17(12-14(2)3)21-18(19(23)25-4)13-15-7-9-16(22)10-8-15/h7-10,14,17-18,21-22H,5-6,11-13H2,1-4H3/t17?,18-/m0/s1.